The lowest BCUT2D eigenvalue weighted by Crippen LogP contribution is -2.13. The molecule has 28 heavy (non-hydrogen) atoms. The fourth-order valence-electron chi connectivity index (χ4n) is 2.50. The molecule has 0 spiro atoms. The van der Waals surface area contributed by atoms with Crippen LogP contribution in [0.1, 0.15) is 50.2 Å². The van der Waals surface area contributed by atoms with Crippen molar-refractivity contribution in [1.29, 1.82) is 0 Å². The summed E-state index contributed by atoms with van der Waals surface area (Å²) in [4.78, 5) is 21.4. The first-order valence-corrected chi connectivity index (χ1v) is 9.08. The lowest BCUT2D eigenvalue weighted by molar-refractivity contribution is -0.159. The molecule has 2 rings (SSSR count). The topological polar surface area (TPSA) is 84.2 Å². The van der Waals surface area contributed by atoms with Crippen molar-refractivity contribution in [3.63, 3.8) is 0 Å². The first-order valence-electron chi connectivity index (χ1n) is 9.08. The van der Waals surface area contributed by atoms with Gasteiger partial charge in [0.05, 0.1) is 11.9 Å². The highest BCUT2D eigenvalue weighted by atomic mass is 19.4. The Bertz CT molecular complexity index is 744. The molecule has 0 saturated carbocycles. The van der Waals surface area contributed by atoms with E-state index >= 15 is 0 Å². The van der Waals surface area contributed by atoms with Crippen LogP contribution >= 0.6 is 0 Å². The second-order valence-electron chi connectivity index (χ2n) is 6.63. The minimum absolute atomic E-state index is 0.0690. The van der Waals surface area contributed by atoms with Crippen molar-refractivity contribution in [2.75, 3.05) is 24.3 Å². The van der Waals surface area contributed by atoms with Gasteiger partial charge in [-0.25, -0.2) is 4.98 Å². The zero-order valence-corrected chi connectivity index (χ0v) is 15.9. The molecular formula is C18H24F3N5O2. The molecule has 2 aromatic heterocycles. The number of amides is 1. The van der Waals surface area contributed by atoms with E-state index in [-0.39, 0.29) is 11.7 Å². The van der Waals surface area contributed by atoms with Gasteiger partial charge in [-0.15, -0.1) is 0 Å². The number of unbranched alkanes of at least 4 members (excludes halogenated alkanes) is 4. The largest absolute Gasteiger partial charge is 0.471 e. The van der Waals surface area contributed by atoms with Crippen LogP contribution in [0, 0.1) is 0 Å². The molecular weight excluding hydrogens is 375 g/mol. The first-order chi connectivity index (χ1) is 13.3. The molecule has 154 valence electrons. The average molecular weight is 399 g/mol. The number of aryl methyl sites for hydroxylation is 1. The van der Waals surface area contributed by atoms with Crippen molar-refractivity contribution in [3.05, 3.63) is 30.0 Å². The van der Waals surface area contributed by atoms with Crippen molar-refractivity contribution >= 4 is 17.4 Å². The maximum absolute atomic E-state index is 12.3. The van der Waals surface area contributed by atoms with Crippen LogP contribution in [-0.2, 0) is 17.4 Å². The van der Waals surface area contributed by atoms with Crippen LogP contribution in [0.5, 0.6) is 0 Å². The first kappa shape index (κ1) is 21.6. The highest BCUT2D eigenvalue weighted by molar-refractivity contribution is 5.89. The number of nitrogens with zero attached hydrogens (tertiary/aromatic N) is 4. The number of halogens is 3. The molecule has 0 aliphatic carbocycles. The highest BCUT2D eigenvalue weighted by Crippen LogP contribution is 2.27. The fourth-order valence-corrected chi connectivity index (χ4v) is 2.50. The summed E-state index contributed by atoms with van der Waals surface area (Å²) in [6.45, 7) is 0. The second-order valence-corrected chi connectivity index (χ2v) is 6.63. The number of hydrogen-bond donors (Lipinski definition) is 1. The summed E-state index contributed by atoms with van der Waals surface area (Å²) in [5.74, 6) is -0.802. The molecule has 1 amide bonds. The van der Waals surface area contributed by atoms with E-state index in [4.69, 9.17) is 0 Å². The van der Waals surface area contributed by atoms with Gasteiger partial charge in [-0.3, -0.25) is 4.79 Å². The number of aromatic nitrogens is 3. The number of rotatable bonds is 10. The van der Waals surface area contributed by atoms with Gasteiger partial charge in [0, 0.05) is 26.9 Å². The number of alkyl halides is 3. The van der Waals surface area contributed by atoms with Crippen molar-refractivity contribution in [3.8, 4) is 0 Å². The third-order valence-corrected chi connectivity index (χ3v) is 4.05. The number of anilines is 2. The SMILES string of the molecule is CN(C)c1ccc(NC(=O)CCCCCCCc2noc(C(F)(F)F)n2)nc1. The van der Waals surface area contributed by atoms with E-state index in [0.717, 1.165) is 31.4 Å². The number of carbonyl (C=O) groups is 1. The Morgan fingerprint density at radius 2 is 1.86 bits per heavy atom. The molecule has 1 N–H and O–H groups in total. The van der Waals surface area contributed by atoms with Gasteiger partial charge in [-0.2, -0.15) is 18.2 Å². The molecule has 7 nitrogen and oxygen atoms in total. The molecule has 0 atom stereocenters. The van der Waals surface area contributed by atoms with Crippen LogP contribution in [0.4, 0.5) is 24.7 Å². The van der Waals surface area contributed by atoms with Crippen LogP contribution in [0.2, 0.25) is 0 Å². The summed E-state index contributed by atoms with van der Waals surface area (Å²) in [6, 6.07) is 3.64. The van der Waals surface area contributed by atoms with Gasteiger partial charge < -0.3 is 14.7 Å². The van der Waals surface area contributed by atoms with Gasteiger partial charge in [-0.1, -0.05) is 24.4 Å². The lowest BCUT2D eigenvalue weighted by atomic mass is 10.1. The molecule has 0 saturated heterocycles. The zero-order chi connectivity index (χ0) is 20.6. The van der Waals surface area contributed by atoms with Crippen molar-refractivity contribution in [2.45, 2.75) is 51.1 Å². The molecule has 0 fully saturated rings. The molecule has 0 aromatic carbocycles. The molecule has 0 bridgehead atoms. The van der Waals surface area contributed by atoms with E-state index in [2.05, 4.69) is 25.0 Å². The average Bonchev–Trinajstić information content (AvgIpc) is 3.10. The number of hydrogen-bond acceptors (Lipinski definition) is 6. The number of carbonyl (C=O) groups excluding carboxylic acids is 1. The number of pyridine rings is 1. The van der Waals surface area contributed by atoms with E-state index in [9.17, 15) is 18.0 Å². The Hall–Kier alpha value is -2.65. The minimum Gasteiger partial charge on any atom is -0.376 e. The Morgan fingerprint density at radius 3 is 2.46 bits per heavy atom. The van der Waals surface area contributed by atoms with Gasteiger partial charge in [0.25, 0.3) is 0 Å². The van der Waals surface area contributed by atoms with E-state index in [1.807, 2.05) is 25.1 Å². The molecule has 0 radical (unpaired) electrons. The van der Waals surface area contributed by atoms with Crippen molar-refractivity contribution < 1.29 is 22.5 Å². The predicted octanol–water partition coefficient (Wildman–Crippen LogP) is 4.07. The Balaban J connectivity index is 1.55. The molecule has 2 heterocycles. The fraction of sp³-hybridized carbons (Fsp3) is 0.556. The van der Waals surface area contributed by atoms with E-state index in [1.165, 1.54) is 0 Å². The minimum atomic E-state index is -4.60. The Kier molecular flexibility index (Phi) is 7.77. The lowest BCUT2D eigenvalue weighted by Gasteiger charge is -2.12. The van der Waals surface area contributed by atoms with Crippen LogP contribution in [0.3, 0.4) is 0 Å². The van der Waals surface area contributed by atoms with Crippen LogP contribution in [-0.4, -0.2) is 35.1 Å². The summed E-state index contributed by atoms with van der Waals surface area (Å²) < 4.78 is 41.2. The van der Waals surface area contributed by atoms with Crippen molar-refractivity contribution in [2.24, 2.45) is 0 Å². The monoisotopic (exact) mass is 399 g/mol. The number of nitrogens with one attached hydrogen (secondary N) is 1. The Labute approximate surface area is 161 Å². The van der Waals surface area contributed by atoms with E-state index < -0.39 is 12.1 Å². The summed E-state index contributed by atoms with van der Waals surface area (Å²) in [6.07, 6.45) is 1.81. The standard InChI is InChI=1S/C18H24F3N5O2/c1-26(2)13-10-11-14(22-12-13)23-16(27)9-7-5-3-4-6-8-15-24-17(28-25-15)18(19,20)21/h10-12H,3-9H2,1-2H3,(H,22,23,27). The van der Waals surface area contributed by atoms with Gasteiger partial charge in [-0.05, 0) is 25.0 Å². The Morgan fingerprint density at radius 1 is 1.14 bits per heavy atom. The summed E-state index contributed by atoms with van der Waals surface area (Å²) >= 11 is 0. The maximum Gasteiger partial charge on any atom is 0.471 e. The second kappa shape index (κ2) is 10.0. The van der Waals surface area contributed by atoms with E-state index in [0.29, 0.717) is 25.1 Å². The van der Waals surface area contributed by atoms with Crippen LogP contribution < -0.4 is 10.2 Å². The normalized spacial score (nSPS) is 11.5. The van der Waals surface area contributed by atoms with Gasteiger partial charge in [0.2, 0.25) is 5.91 Å². The predicted molar refractivity (Wildman–Crippen MR) is 97.9 cm³/mol. The molecule has 2 aromatic rings. The van der Waals surface area contributed by atoms with Gasteiger partial charge in [0.1, 0.15) is 5.82 Å². The summed E-state index contributed by atoms with van der Waals surface area (Å²) in [7, 11) is 3.83. The summed E-state index contributed by atoms with van der Waals surface area (Å²) in [5, 5.41) is 6.09. The molecule has 10 heteroatoms. The maximum atomic E-state index is 12.3. The van der Waals surface area contributed by atoms with Crippen LogP contribution in [0.15, 0.2) is 22.9 Å². The third-order valence-electron chi connectivity index (χ3n) is 4.05. The van der Waals surface area contributed by atoms with E-state index in [1.54, 1.807) is 12.3 Å². The van der Waals surface area contributed by atoms with Gasteiger partial charge >= 0.3 is 12.1 Å². The quantitative estimate of drug-likeness (QED) is 0.606. The van der Waals surface area contributed by atoms with Gasteiger partial charge in [0.15, 0.2) is 5.82 Å². The summed E-state index contributed by atoms with van der Waals surface area (Å²) in [5.41, 5.74) is 0.952. The third kappa shape index (κ3) is 7.16. The van der Waals surface area contributed by atoms with Crippen LogP contribution in [0.25, 0.3) is 0 Å². The molecule has 0 unspecified atom stereocenters. The molecule has 0 aliphatic heterocycles. The van der Waals surface area contributed by atoms with Crippen molar-refractivity contribution in [1.82, 2.24) is 15.1 Å². The zero-order valence-electron chi connectivity index (χ0n) is 15.9. The highest BCUT2D eigenvalue weighted by Gasteiger charge is 2.38. The smallest absolute Gasteiger partial charge is 0.376 e. The molecule has 0 aliphatic rings.